The van der Waals surface area contributed by atoms with Crippen LogP contribution in [0.3, 0.4) is 0 Å². The van der Waals surface area contributed by atoms with Crippen LogP contribution in [0.4, 0.5) is 17.3 Å². The number of hydrogen-bond donors (Lipinski definition) is 2. The molecule has 3 aromatic heterocycles. The Bertz CT molecular complexity index is 2040. The van der Waals surface area contributed by atoms with E-state index in [1.807, 2.05) is 51.1 Å². The van der Waals surface area contributed by atoms with Crippen molar-refractivity contribution in [2.45, 2.75) is 72.1 Å². The van der Waals surface area contributed by atoms with Gasteiger partial charge in [-0.1, -0.05) is 55.8 Å². The molecule has 2 aromatic carbocycles. The predicted molar refractivity (Wildman–Crippen MR) is 190 cm³/mol. The second-order valence-electron chi connectivity index (χ2n) is 14.7. The Morgan fingerprint density at radius 2 is 1.81 bits per heavy atom. The van der Waals surface area contributed by atoms with Crippen molar-refractivity contribution in [2.24, 2.45) is 5.41 Å². The summed E-state index contributed by atoms with van der Waals surface area (Å²) in [5.74, 6) is -0.0959. The van der Waals surface area contributed by atoms with E-state index in [1.165, 1.54) is 5.56 Å². The number of piperidine rings is 1. The first kappa shape index (κ1) is 32.2. The minimum absolute atomic E-state index is 0.0445. The summed E-state index contributed by atoms with van der Waals surface area (Å²) in [4.78, 5) is 30.9. The predicted octanol–water partition coefficient (Wildman–Crippen LogP) is 7.80. The van der Waals surface area contributed by atoms with Gasteiger partial charge in [-0.25, -0.2) is 19.7 Å². The van der Waals surface area contributed by atoms with Gasteiger partial charge in [-0.3, -0.25) is 0 Å². The summed E-state index contributed by atoms with van der Waals surface area (Å²) in [6.45, 7) is 12.8. The number of ether oxygens (including phenoxy) is 1. The van der Waals surface area contributed by atoms with Crippen molar-refractivity contribution in [3.8, 4) is 11.1 Å². The number of benzene rings is 2. The Labute approximate surface area is 284 Å². The minimum Gasteiger partial charge on any atom is -0.479 e. The van der Waals surface area contributed by atoms with Crippen molar-refractivity contribution in [3.05, 3.63) is 70.6 Å². The minimum atomic E-state index is -1.33. The first-order chi connectivity index (χ1) is 22.8. The number of carbonyl (C=O) groups is 1. The summed E-state index contributed by atoms with van der Waals surface area (Å²) < 4.78 is 12.4. The average Bonchev–Trinajstić information content (AvgIpc) is 3.42. The number of fused-ring (bicyclic) bond motifs is 4. The summed E-state index contributed by atoms with van der Waals surface area (Å²) in [6, 6.07) is 14.2. The van der Waals surface area contributed by atoms with Gasteiger partial charge in [0.05, 0.1) is 16.9 Å². The number of halogens is 1. The first-order valence-corrected chi connectivity index (χ1v) is 16.8. The van der Waals surface area contributed by atoms with Crippen molar-refractivity contribution in [1.29, 1.82) is 0 Å². The zero-order valence-corrected chi connectivity index (χ0v) is 28.8. The number of aromatic nitrogens is 3. The van der Waals surface area contributed by atoms with Crippen LogP contribution in [0, 0.1) is 5.41 Å². The highest BCUT2D eigenvalue weighted by atomic mass is 35.5. The number of nitrogen functional groups attached to an aromatic ring is 1. The van der Waals surface area contributed by atoms with Crippen LogP contribution < -0.4 is 15.5 Å². The van der Waals surface area contributed by atoms with Crippen molar-refractivity contribution in [3.63, 3.8) is 0 Å². The molecule has 2 aliphatic rings. The molecule has 1 saturated heterocycles. The molecule has 1 unspecified atom stereocenters. The number of para-hydroxylation sites is 1. The number of nitrogens with two attached hydrogens (primary N) is 1. The van der Waals surface area contributed by atoms with Gasteiger partial charge >= 0.3 is 5.97 Å². The molecule has 11 heteroatoms. The van der Waals surface area contributed by atoms with E-state index in [9.17, 15) is 9.90 Å². The second-order valence-corrected chi connectivity index (χ2v) is 15.0. The molecule has 7 rings (SSSR count). The molecule has 0 bridgehead atoms. The lowest BCUT2D eigenvalue weighted by Crippen LogP contribution is -2.39. The van der Waals surface area contributed by atoms with Gasteiger partial charge in [-0.15, -0.1) is 0 Å². The largest absolute Gasteiger partial charge is 0.479 e. The SMILES string of the molecule is CC1(C)CCN(c2c(-c3ccc4c(c3)CCN(c3ncnc5c3oc3ccccc35)C4)c(N)nc(Cl)c2C(OC(C)(C)C)C(=O)O)CC1. The number of nitrogens with zero attached hydrogens (tertiary/aromatic N) is 5. The number of aliphatic carboxylic acids is 1. The van der Waals surface area contributed by atoms with E-state index in [0.717, 1.165) is 72.3 Å². The molecule has 250 valence electrons. The van der Waals surface area contributed by atoms with E-state index in [2.05, 4.69) is 50.7 Å². The summed E-state index contributed by atoms with van der Waals surface area (Å²) in [5, 5.41) is 11.5. The van der Waals surface area contributed by atoms with Gasteiger partial charge in [-0.2, -0.15) is 0 Å². The van der Waals surface area contributed by atoms with Gasteiger partial charge in [0.2, 0.25) is 0 Å². The molecule has 2 aliphatic heterocycles. The second kappa shape index (κ2) is 11.9. The lowest BCUT2D eigenvalue weighted by Gasteiger charge is -2.41. The first-order valence-electron chi connectivity index (χ1n) is 16.4. The number of carboxylic acids is 1. The maximum atomic E-state index is 12.8. The smallest absolute Gasteiger partial charge is 0.337 e. The summed E-state index contributed by atoms with van der Waals surface area (Å²) in [5.41, 5.74) is 13.3. The van der Waals surface area contributed by atoms with Crippen LogP contribution in [-0.4, -0.2) is 51.3 Å². The highest BCUT2D eigenvalue weighted by molar-refractivity contribution is 6.31. The van der Waals surface area contributed by atoms with E-state index >= 15 is 0 Å². The lowest BCUT2D eigenvalue weighted by molar-refractivity contribution is -0.160. The molecule has 1 fully saturated rings. The number of carboxylic acid groups (broad SMARTS) is 1. The molecule has 1 atom stereocenters. The van der Waals surface area contributed by atoms with E-state index < -0.39 is 17.7 Å². The summed E-state index contributed by atoms with van der Waals surface area (Å²) in [7, 11) is 0. The molecule has 48 heavy (non-hydrogen) atoms. The van der Waals surface area contributed by atoms with E-state index in [-0.39, 0.29) is 16.4 Å². The number of anilines is 3. The molecule has 0 spiro atoms. The van der Waals surface area contributed by atoms with E-state index in [1.54, 1.807) is 6.33 Å². The number of rotatable bonds is 6. The van der Waals surface area contributed by atoms with Crippen molar-refractivity contribution in [1.82, 2.24) is 15.0 Å². The lowest BCUT2D eigenvalue weighted by atomic mass is 9.82. The fourth-order valence-electron chi connectivity index (χ4n) is 6.97. The van der Waals surface area contributed by atoms with Crippen LogP contribution in [0.5, 0.6) is 0 Å². The molecule has 0 radical (unpaired) electrons. The number of hydrogen-bond acceptors (Lipinski definition) is 9. The van der Waals surface area contributed by atoms with Crippen molar-refractivity contribution in [2.75, 3.05) is 35.2 Å². The van der Waals surface area contributed by atoms with Crippen LogP contribution in [0.2, 0.25) is 5.15 Å². The molecule has 5 aromatic rings. The molecule has 0 aliphatic carbocycles. The highest BCUT2D eigenvalue weighted by Gasteiger charge is 2.37. The summed E-state index contributed by atoms with van der Waals surface area (Å²) >= 11 is 6.81. The molecular formula is C37H41ClN6O4. The molecule has 0 saturated carbocycles. The molecule has 3 N–H and O–H groups in total. The third-order valence-corrected chi connectivity index (χ3v) is 9.81. The Balaban J connectivity index is 1.30. The van der Waals surface area contributed by atoms with Gasteiger partial charge in [0.15, 0.2) is 17.5 Å². The normalized spacial score (nSPS) is 17.1. The Hall–Kier alpha value is -4.41. The van der Waals surface area contributed by atoms with Gasteiger partial charge in [-0.05, 0) is 74.3 Å². The maximum absolute atomic E-state index is 12.8. The number of furan rings is 1. The highest BCUT2D eigenvalue weighted by Crippen LogP contribution is 2.47. The zero-order valence-electron chi connectivity index (χ0n) is 28.0. The van der Waals surface area contributed by atoms with Crippen molar-refractivity contribution < 1.29 is 19.1 Å². The van der Waals surface area contributed by atoms with Gasteiger partial charge in [0.1, 0.15) is 28.4 Å². The third-order valence-electron chi connectivity index (χ3n) is 9.53. The quantitative estimate of drug-likeness (QED) is 0.173. The fraction of sp³-hybridized carbons (Fsp3) is 0.405. The Kier molecular flexibility index (Phi) is 7.99. The van der Waals surface area contributed by atoms with Gasteiger partial charge in [0, 0.05) is 37.1 Å². The zero-order chi connectivity index (χ0) is 34.0. The molecule has 0 amide bonds. The van der Waals surface area contributed by atoms with Gasteiger partial charge < -0.3 is 29.8 Å². The van der Waals surface area contributed by atoms with E-state index in [0.29, 0.717) is 28.9 Å². The molecular weight excluding hydrogens is 628 g/mol. The van der Waals surface area contributed by atoms with Crippen molar-refractivity contribution >= 4 is 57.0 Å². The maximum Gasteiger partial charge on any atom is 0.337 e. The fourth-order valence-corrected chi connectivity index (χ4v) is 7.25. The van der Waals surface area contributed by atoms with Crippen LogP contribution in [-0.2, 0) is 22.5 Å². The van der Waals surface area contributed by atoms with Crippen LogP contribution >= 0.6 is 11.6 Å². The third kappa shape index (κ3) is 5.92. The van der Waals surface area contributed by atoms with Crippen LogP contribution in [0.15, 0.2) is 53.2 Å². The standard InChI is InChI=1S/C37H41ClN6O4/c1-36(2,3)48-30(35(45)46)27-29(43-16-13-37(4,5)14-17-43)26(33(39)42-32(27)38)22-10-11-23-19-44(15-12-21(23)18-22)34-31-28(40-20-41-34)24-8-6-7-9-25(24)47-31/h6-11,18,20,30H,12-17,19H2,1-5H3,(H2,39,42)(H,45,46). The van der Waals surface area contributed by atoms with Crippen LogP contribution in [0.1, 0.15) is 70.3 Å². The number of pyridine rings is 1. The van der Waals surface area contributed by atoms with Crippen LogP contribution in [0.25, 0.3) is 33.2 Å². The average molecular weight is 669 g/mol. The Morgan fingerprint density at radius 1 is 1.06 bits per heavy atom. The molecule has 10 nitrogen and oxygen atoms in total. The van der Waals surface area contributed by atoms with Gasteiger partial charge in [0.25, 0.3) is 0 Å². The molecule has 5 heterocycles. The summed E-state index contributed by atoms with van der Waals surface area (Å²) in [6.07, 6.45) is 2.91. The monoisotopic (exact) mass is 668 g/mol. The van der Waals surface area contributed by atoms with E-state index in [4.69, 9.17) is 26.5 Å². The topological polar surface area (TPSA) is 131 Å². The Morgan fingerprint density at radius 3 is 2.54 bits per heavy atom.